The highest BCUT2D eigenvalue weighted by molar-refractivity contribution is 6.22. The van der Waals surface area contributed by atoms with Gasteiger partial charge >= 0.3 is 5.97 Å². The number of rotatable bonds is 7. The fourth-order valence-electron chi connectivity index (χ4n) is 5.45. The third-order valence-corrected chi connectivity index (χ3v) is 7.32. The van der Waals surface area contributed by atoms with Gasteiger partial charge in [0.2, 0.25) is 5.91 Å². The number of ether oxygens (including phenoxy) is 1. The van der Waals surface area contributed by atoms with Crippen molar-refractivity contribution in [3.05, 3.63) is 71.0 Å². The molecule has 190 valence electrons. The number of hydrogen-bond donors (Lipinski definition) is 0. The maximum atomic E-state index is 14.2. The number of carbonyl (C=O) groups excluding carboxylic acids is 4. The Kier molecular flexibility index (Phi) is 6.98. The minimum absolute atomic E-state index is 0.197. The Morgan fingerprint density at radius 2 is 1.67 bits per heavy atom. The van der Waals surface area contributed by atoms with Crippen molar-refractivity contribution in [2.75, 3.05) is 6.61 Å². The van der Waals surface area contributed by atoms with Crippen LogP contribution in [0.5, 0.6) is 0 Å². The highest BCUT2D eigenvalue weighted by Gasteiger charge is 2.52. The Hall–Kier alpha value is -3.55. The lowest BCUT2D eigenvalue weighted by Gasteiger charge is -2.41. The smallest absolute Gasteiger partial charge is 0.313 e. The van der Waals surface area contributed by atoms with Crippen LogP contribution in [0.2, 0.25) is 0 Å². The maximum absolute atomic E-state index is 14.2. The van der Waals surface area contributed by atoms with Crippen LogP contribution in [0, 0.1) is 11.2 Å². The van der Waals surface area contributed by atoms with Crippen LogP contribution in [0.25, 0.3) is 0 Å². The first-order valence-electron chi connectivity index (χ1n) is 12.3. The molecule has 1 fully saturated rings. The molecule has 0 N–H and O–H groups in total. The van der Waals surface area contributed by atoms with Crippen molar-refractivity contribution in [2.45, 2.75) is 65.1 Å². The van der Waals surface area contributed by atoms with Crippen molar-refractivity contribution < 1.29 is 28.3 Å². The molecule has 3 amide bonds. The number of hydrogen-bond acceptors (Lipinski definition) is 5. The minimum atomic E-state index is -1.06. The lowest BCUT2D eigenvalue weighted by molar-refractivity contribution is -0.160. The van der Waals surface area contributed by atoms with Gasteiger partial charge in [-0.15, -0.1) is 0 Å². The Morgan fingerprint density at radius 1 is 1.03 bits per heavy atom. The first-order valence-corrected chi connectivity index (χ1v) is 12.3. The van der Waals surface area contributed by atoms with Crippen molar-refractivity contribution in [3.63, 3.8) is 0 Å². The summed E-state index contributed by atoms with van der Waals surface area (Å²) in [5, 5.41) is 0. The van der Waals surface area contributed by atoms with E-state index in [-0.39, 0.29) is 24.2 Å². The van der Waals surface area contributed by atoms with E-state index in [0.717, 1.165) is 4.90 Å². The van der Waals surface area contributed by atoms with E-state index in [1.54, 1.807) is 69.0 Å². The summed E-state index contributed by atoms with van der Waals surface area (Å²) < 4.78 is 19.5. The van der Waals surface area contributed by atoms with Gasteiger partial charge in [-0.25, -0.2) is 4.39 Å². The molecule has 2 aliphatic rings. The van der Waals surface area contributed by atoms with Crippen LogP contribution in [0.4, 0.5) is 4.39 Å². The number of halogens is 1. The average Bonchev–Trinajstić information content (AvgIpc) is 3.41. The molecular weight excluding hydrogens is 463 g/mol. The molecule has 0 aromatic heterocycles. The highest BCUT2D eigenvalue weighted by atomic mass is 19.1. The number of nitrogens with zero attached hydrogens (tertiary/aromatic N) is 2. The molecule has 0 aliphatic carbocycles. The van der Waals surface area contributed by atoms with Crippen molar-refractivity contribution in [2.24, 2.45) is 5.41 Å². The number of fused-ring (bicyclic) bond motifs is 1. The number of carbonyl (C=O) groups is 4. The molecule has 0 unspecified atom stereocenters. The van der Waals surface area contributed by atoms with Gasteiger partial charge in [-0.05, 0) is 69.9 Å². The Bertz CT molecular complexity index is 1170. The van der Waals surface area contributed by atoms with Crippen LogP contribution in [0.15, 0.2) is 48.5 Å². The summed E-state index contributed by atoms with van der Waals surface area (Å²) in [5.41, 5.74) is 0.0665. The zero-order chi connectivity index (χ0) is 26.2. The molecule has 0 spiro atoms. The van der Waals surface area contributed by atoms with E-state index in [1.165, 1.54) is 12.1 Å². The number of imide groups is 1. The summed E-state index contributed by atoms with van der Waals surface area (Å²) in [7, 11) is 0. The topological polar surface area (TPSA) is 84.0 Å². The van der Waals surface area contributed by atoms with Gasteiger partial charge in [-0.1, -0.05) is 31.2 Å². The summed E-state index contributed by atoms with van der Waals surface area (Å²) in [6.07, 6.45) is 1.18. The molecule has 8 heteroatoms. The van der Waals surface area contributed by atoms with Crippen LogP contribution < -0.4 is 0 Å². The van der Waals surface area contributed by atoms with Gasteiger partial charge < -0.3 is 9.64 Å². The Morgan fingerprint density at radius 3 is 2.22 bits per heavy atom. The summed E-state index contributed by atoms with van der Waals surface area (Å²) in [5.74, 6) is -2.35. The standard InChI is InChI=1S/C28H31FN2O5/c1-5-21(31-24(32)19-12-7-8-13-20(19)25(31)33)26(34)30-22(17-10-9-11-18(29)16-17)14-15-23(30)28(3,4)27(35)36-6-2/h7-13,16,21-23H,5-6,14-15H2,1-4H3/t21-,22+,23-/m1/s1. The first kappa shape index (κ1) is 25.5. The van der Waals surface area contributed by atoms with Gasteiger partial charge in [-0.3, -0.25) is 24.1 Å². The fourth-order valence-corrected chi connectivity index (χ4v) is 5.45. The van der Waals surface area contributed by atoms with E-state index in [1.807, 2.05) is 0 Å². The maximum Gasteiger partial charge on any atom is 0.313 e. The van der Waals surface area contributed by atoms with E-state index in [0.29, 0.717) is 18.4 Å². The van der Waals surface area contributed by atoms with Crippen LogP contribution >= 0.6 is 0 Å². The largest absolute Gasteiger partial charge is 0.466 e. The van der Waals surface area contributed by atoms with Gasteiger partial charge in [-0.2, -0.15) is 0 Å². The molecule has 0 radical (unpaired) electrons. The van der Waals surface area contributed by atoms with Crippen molar-refractivity contribution in [1.29, 1.82) is 0 Å². The molecule has 2 aliphatic heterocycles. The fraction of sp³-hybridized carbons (Fsp3) is 0.429. The zero-order valence-corrected chi connectivity index (χ0v) is 21.0. The Balaban J connectivity index is 1.76. The zero-order valence-electron chi connectivity index (χ0n) is 21.0. The lowest BCUT2D eigenvalue weighted by atomic mass is 9.82. The van der Waals surface area contributed by atoms with Gasteiger partial charge in [0.05, 0.1) is 29.2 Å². The van der Waals surface area contributed by atoms with E-state index in [2.05, 4.69) is 0 Å². The second-order valence-electron chi connectivity index (χ2n) is 9.80. The second-order valence-corrected chi connectivity index (χ2v) is 9.80. The highest BCUT2D eigenvalue weighted by Crippen LogP contribution is 2.45. The molecule has 0 bridgehead atoms. The molecule has 0 saturated carbocycles. The summed E-state index contributed by atoms with van der Waals surface area (Å²) in [6.45, 7) is 7.12. The van der Waals surface area contributed by atoms with Crippen molar-refractivity contribution in [3.8, 4) is 0 Å². The number of esters is 1. The average molecular weight is 495 g/mol. The van der Waals surface area contributed by atoms with Crippen LogP contribution in [-0.2, 0) is 14.3 Å². The summed E-state index contributed by atoms with van der Waals surface area (Å²) in [6, 6.07) is 10.4. The molecule has 2 aromatic carbocycles. The van der Waals surface area contributed by atoms with Crippen LogP contribution in [-0.4, -0.2) is 52.2 Å². The number of benzene rings is 2. The van der Waals surface area contributed by atoms with Gasteiger partial charge in [0.1, 0.15) is 11.9 Å². The number of amides is 3. The molecule has 7 nitrogen and oxygen atoms in total. The SMILES string of the molecule is CCOC(=O)C(C)(C)[C@H]1CC[C@@H](c2cccc(F)c2)N1C(=O)[C@@H](CC)N1C(=O)c2ccccc2C1=O. The van der Waals surface area contributed by atoms with E-state index >= 15 is 0 Å². The monoisotopic (exact) mass is 494 g/mol. The van der Waals surface area contributed by atoms with Crippen molar-refractivity contribution >= 4 is 23.7 Å². The van der Waals surface area contributed by atoms with E-state index in [4.69, 9.17) is 4.74 Å². The van der Waals surface area contributed by atoms with E-state index in [9.17, 15) is 23.6 Å². The van der Waals surface area contributed by atoms with Gasteiger partial charge in [0.25, 0.3) is 11.8 Å². The normalized spacial score (nSPS) is 20.5. The third-order valence-electron chi connectivity index (χ3n) is 7.32. The van der Waals surface area contributed by atoms with Crippen LogP contribution in [0.1, 0.15) is 79.3 Å². The minimum Gasteiger partial charge on any atom is -0.466 e. The molecule has 2 aromatic rings. The van der Waals surface area contributed by atoms with E-state index < -0.39 is 53.0 Å². The molecule has 3 atom stereocenters. The third kappa shape index (κ3) is 4.18. The van der Waals surface area contributed by atoms with Crippen molar-refractivity contribution in [1.82, 2.24) is 9.80 Å². The molecule has 1 saturated heterocycles. The quantitative estimate of drug-likeness (QED) is 0.417. The summed E-state index contributed by atoms with van der Waals surface area (Å²) >= 11 is 0. The first-order chi connectivity index (χ1) is 17.1. The van der Waals surface area contributed by atoms with Crippen LogP contribution in [0.3, 0.4) is 0 Å². The lowest BCUT2D eigenvalue weighted by Crippen LogP contribution is -2.56. The van der Waals surface area contributed by atoms with Gasteiger partial charge in [0.15, 0.2) is 0 Å². The molecule has 2 heterocycles. The Labute approximate surface area is 210 Å². The second kappa shape index (κ2) is 9.84. The predicted molar refractivity (Wildman–Crippen MR) is 130 cm³/mol. The van der Waals surface area contributed by atoms with Gasteiger partial charge in [0, 0.05) is 6.04 Å². The number of likely N-dealkylation sites (tertiary alicyclic amines) is 1. The molecular formula is C28H31FN2O5. The predicted octanol–water partition coefficient (Wildman–Crippen LogP) is 4.52. The molecule has 36 heavy (non-hydrogen) atoms. The summed E-state index contributed by atoms with van der Waals surface area (Å²) in [4.78, 5) is 56.2. The molecule has 4 rings (SSSR count).